The van der Waals surface area contributed by atoms with E-state index in [0.29, 0.717) is 25.1 Å². The van der Waals surface area contributed by atoms with Crippen molar-refractivity contribution in [1.29, 1.82) is 5.26 Å². The molecule has 0 aromatic carbocycles. The smallest absolute Gasteiger partial charge is 0.254 e. The molecule has 0 bridgehead atoms. The van der Waals surface area contributed by atoms with Gasteiger partial charge in [0.05, 0.1) is 23.7 Å². The molecule has 0 saturated carbocycles. The highest BCUT2D eigenvalue weighted by Crippen LogP contribution is 2.35. The van der Waals surface area contributed by atoms with Crippen molar-refractivity contribution in [1.82, 2.24) is 24.6 Å². The quantitative estimate of drug-likeness (QED) is 0.550. The lowest BCUT2D eigenvalue weighted by Crippen LogP contribution is -2.46. The maximum absolute atomic E-state index is 13.4. The average molecular weight is 424 g/mol. The molecular weight excluding hydrogens is 403 g/mol. The standard InChI is InChI=1S/C20H21FN8O2/c21-17-9-14(1-6-24-17)26-19-16(18(23)30)11-29(27-19)20(2-5-22)3-7-28(8-4-20)10-15-12-31-13-25-15/h1,6,9,11-13H,2-4,7-8,10H2,(H2,23,30)(H,24,26,27). The molecule has 11 heteroatoms. The maximum atomic E-state index is 13.4. The van der Waals surface area contributed by atoms with Gasteiger partial charge < -0.3 is 15.5 Å². The molecule has 0 radical (unpaired) electrons. The molecule has 0 unspecified atom stereocenters. The molecule has 1 fully saturated rings. The molecule has 31 heavy (non-hydrogen) atoms. The number of nitrogens with one attached hydrogen (secondary N) is 1. The summed E-state index contributed by atoms with van der Waals surface area (Å²) in [5, 5.41) is 17.0. The van der Waals surface area contributed by atoms with Gasteiger partial charge in [0, 0.05) is 43.8 Å². The van der Waals surface area contributed by atoms with Gasteiger partial charge in [0.2, 0.25) is 5.95 Å². The zero-order chi connectivity index (χ0) is 21.8. The summed E-state index contributed by atoms with van der Waals surface area (Å²) in [5.74, 6) is -1.12. The van der Waals surface area contributed by atoms with Crippen LogP contribution in [-0.2, 0) is 12.1 Å². The number of nitrogens with two attached hydrogens (primary N) is 1. The second-order valence-corrected chi connectivity index (χ2v) is 7.51. The molecular formula is C20H21FN8O2. The number of hydrogen-bond acceptors (Lipinski definition) is 8. The van der Waals surface area contributed by atoms with Gasteiger partial charge in [-0.2, -0.15) is 14.8 Å². The molecule has 3 aromatic heterocycles. The number of oxazole rings is 1. The number of aromatic nitrogens is 4. The van der Waals surface area contributed by atoms with Crippen LogP contribution >= 0.6 is 0 Å². The van der Waals surface area contributed by atoms with Gasteiger partial charge in [0.1, 0.15) is 11.8 Å². The van der Waals surface area contributed by atoms with Gasteiger partial charge in [-0.05, 0) is 18.9 Å². The molecule has 3 N–H and O–H groups in total. The molecule has 0 spiro atoms. The van der Waals surface area contributed by atoms with E-state index >= 15 is 0 Å². The van der Waals surface area contributed by atoms with E-state index in [1.807, 2.05) is 0 Å². The number of amides is 1. The number of pyridine rings is 1. The predicted octanol–water partition coefficient (Wildman–Crippen LogP) is 2.15. The molecule has 4 heterocycles. The number of likely N-dealkylation sites (tertiary alicyclic amines) is 1. The maximum Gasteiger partial charge on any atom is 0.254 e. The van der Waals surface area contributed by atoms with Crippen LogP contribution in [0.1, 0.15) is 35.3 Å². The highest BCUT2D eigenvalue weighted by molar-refractivity contribution is 5.98. The second kappa shape index (κ2) is 8.53. The Morgan fingerprint density at radius 1 is 1.39 bits per heavy atom. The van der Waals surface area contributed by atoms with Crippen molar-refractivity contribution in [2.24, 2.45) is 5.73 Å². The number of halogens is 1. The van der Waals surface area contributed by atoms with Gasteiger partial charge in [0.25, 0.3) is 5.91 Å². The van der Waals surface area contributed by atoms with Gasteiger partial charge in [-0.25, -0.2) is 9.97 Å². The molecule has 0 aliphatic carbocycles. The Morgan fingerprint density at radius 2 is 2.19 bits per heavy atom. The van der Waals surface area contributed by atoms with Crippen molar-refractivity contribution in [2.45, 2.75) is 31.3 Å². The van der Waals surface area contributed by atoms with Crippen molar-refractivity contribution < 1.29 is 13.6 Å². The SMILES string of the molecule is N#CCC1(n2cc(C(N)=O)c(Nc3ccnc(F)c3)n2)CCN(Cc2cocn2)CC1. The van der Waals surface area contributed by atoms with Crippen LogP contribution in [0.5, 0.6) is 0 Å². The van der Waals surface area contributed by atoms with E-state index in [-0.39, 0.29) is 17.8 Å². The number of nitriles is 1. The van der Waals surface area contributed by atoms with Crippen molar-refractivity contribution >= 4 is 17.4 Å². The molecule has 160 valence electrons. The van der Waals surface area contributed by atoms with Crippen LogP contribution in [0.25, 0.3) is 0 Å². The van der Waals surface area contributed by atoms with Crippen molar-refractivity contribution in [2.75, 3.05) is 18.4 Å². The third-order valence-electron chi connectivity index (χ3n) is 5.52. The average Bonchev–Trinajstić information content (AvgIpc) is 3.40. The summed E-state index contributed by atoms with van der Waals surface area (Å²) < 4.78 is 20.1. The van der Waals surface area contributed by atoms with E-state index in [1.165, 1.54) is 18.7 Å². The number of carbonyl (C=O) groups excluding carboxylic acids is 1. The Balaban J connectivity index is 1.58. The van der Waals surface area contributed by atoms with Crippen molar-refractivity contribution in [3.05, 3.63) is 54.4 Å². The molecule has 1 aliphatic rings. The van der Waals surface area contributed by atoms with Crippen LogP contribution in [-0.4, -0.2) is 43.6 Å². The summed E-state index contributed by atoms with van der Waals surface area (Å²) in [6.45, 7) is 2.10. The molecule has 3 aromatic rings. The molecule has 1 aliphatic heterocycles. The topological polar surface area (TPSA) is 139 Å². The van der Waals surface area contributed by atoms with E-state index < -0.39 is 17.4 Å². The molecule has 1 amide bonds. The van der Waals surface area contributed by atoms with Crippen LogP contribution in [0.4, 0.5) is 15.9 Å². The van der Waals surface area contributed by atoms with E-state index in [4.69, 9.17) is 10.2 Å². The monoisotopic (exact) mass is 424 g/mol. The van der Waals surface area contributed by atoms with Gasteiger partial charge in [-0.3, -0.25) is 14.4 Å². The fourth-order valence-electron chi connectivity index (χ4n) is 3.81. The minimum absolute atomic E-state index is 0.166. The van der Waals surface area contributed by atoms with Gasteiger partial charge >= 0.3 is 0 Å². The number of piperidine rings is 1. The summed E-state index contributed by atoms with van der Waals surface area (Å²) >= 11 is 0. The van der Waals surface area contributed by atoms with Crippen LogP contribution in [0.15, 0.2) is 41.6 Å². The fraction of sp³-hybridized carbons (Fsp3) is 0.350. The third-order valence-corrected chi connectivity index (χ3v) is 5.52. The van der Waals surface area contributed by atoms with E-state index in [9.17, 15) is 14.4 Å². The summed E-state index contributed by atoms with van der Waals surface area (Å²) in [6.07, 6.45) is 7.42. The largest absolute Gasteiger partial charge is 0.451 e. The predicted molar refractivity (Wildman–Crippen MR) is 107 cm³/mol. The fourth-order valence-corrected chi connectivity index (χ4v) is 3.81. The summed E-state index contributed by atoms with van der Waals surface area (Å²) in [5.41, 5.74) is 6.37. The number of nitrogens with zero attached hydrogens (tertiary/aromatic N) is 6. The molecule has 0 atom stereocenters. The summed E-state index contributed by atoms with van der Waals surface area (Å²) in [6, 6.07) is 5.00. The molecule has 4 rings (SSSR count). The first-order chi connectivity index (χ1) is 15.0. The normalized spacial score (nSPS) is 16.0. The van der Waals surface area contributed by atoms with Gasteiger partial charge in [0.15, 0.2) is 12.2 Å². The van der Waals surface area contributed by atoms with E-state index in [2.05, 4.69) is 31.4 Å². The first-order valence-corrected chi connectivity index (χ1v) is 9.74. The number of anilines is 2. The van der Waals surface area contributed by atoms with Gasteiger partial charge in [-0.1, -0.05) is 0 Å². The van der Waals surface area contributed by atoms with Crippen LogP contribution in [0.2, 0.25) is 0 Å². The second-order valence-electron chi connectivity index (χ2n) is 7.51. The molecule has 1 saturated heterocycles. The third kappa shape index (κ3) is 4.39. The lowest BCUT2D eigenvalue weighted by molar-refractivity contribution is 0.0960. The van der Waals surface area contributed by atoms with E-state index in [0.717, 1.165) is 18.8 Å². The lowest BCUT2D eigenvalue weighted by Gasteiger charge is -2.40. The number of primary amides is 1. The minimum Gasteiger partial charge on any atom is -0.451 e. The summed E-state index contributed by atoms with van der Waals surface area (Å²) in [7, 11) is 0. The Kier molecular flexibility index (Phi) is 5.64. The highest BCUT2D eigenvalue weighted by atomic mass is 19.1. The number of rotatable bonds is 7. The van der Waals surface area contributed by atoms with Crippen LogP contribution in [0, 0.1) is 17.3 Å². The Labute approximate surface area is 177 Å². The summed E-state index contributed by atoms with van der Waals surface area (Å²) in [4.78, 5) is 21.9. The zero-order valence-corrected chi connectivity index (χ0v) is 16.7. The van der Waals surface area contributed by atoms with Crippen LogP contribution in [0.3, 0.4) is 0 Å². The number of hydrogen-bond donors (Lipinski definition) is 2. The number of carbonyl (C=O) groups is 1. The first-order valence-electron chi connectivity index (χ1n) is 9.74. The Bertz CT molecular complexity index is 1100. The van der Waals surface area contributed by atoms with Crippen LogP contribution < -0.4 is 11.1 Å². The first kappa shape index (κ1) is 20.5. The minimum atomic E-state index is -0.668. The van der Waals surface area contributed by atoms with Crippen molar-refractivity contribution in [3.8, 4) is 6.07 Å². The van der Waals surface area contributed by atoms with Gasteiger partial charge in [-0.15, -0.1) is 0 Å². The van der Waals surface area contributed by atoms with E-state index in [1.54, 1.807) is 23.2 Å². The zero-order valence-electron chi connectivity index (χ0n) is 16.7. The molecule has 10 nitrogen and oxygen atoms in total. The Morgan fingerprint density at radius 3 is 2.84 bits per heavy atom. The Hall–Kier alpha value is -3.78. The highest BCUT2D eigenvalue weighted by Gasteiger charge is 2.38. The van der Waals surface area contributed by atoms with Crippen molar-refractivity contribution in [3.63, 3.8) is 0 Å². The lowest BCUT2D eigenvalue weighted by atomic mass is 9.85.